The van der Waals surface area contributed by atoms with Crippen LogP contribution in [0.2, 0.25) is 0 Å². The lowest BCUT2D eigenvalue weighted by molar-refractivity contribution is -0.147. The van der Waals surface area contributed by atoms with E-state index in [-0.39, 0.29) is 18.6 Å². The molecule has 0 atom stereocenters. The van der Waals surface area contributed by atoms with E-state index in [2.05, 4.69) is 5.32 Å². The topological polar surface area (TPSA) is 90.9 Å². The van der Waals surface area contributed by atoms with Crippen molar-refractivity contribution in [2.45, 2.75) is 32.1 Å². The third-order valence-corrected chi connectivity index (χ3v) is 4.98. The number of anilines is 1. The molecule has 0 aromatic heterocycles. The highest BCUT2D eigenvalue weighted by Gasteiger charge is 2.16. The van der Waals surface area contributed by atoms with Gasteiger partial charge in [-0.25, -0.2) is 0 Å². The van der Waals surface area contributed by atoms with E-state index in [1.807, 2.05) is 18.2 Å². The number of carbonyl (C=O) groups is 3. The van der Waals surface area contributed by atoms with Crippen LogP contribution in [0.15, 0.2) is 36.4 Å². The molecular formula is C23H25NO6. The van der Waals surface area contributed by atoms with E-state index in [9.17, 15) is 14.4 Å². The van der Waals surface area contributed by atoms with E-state index in [0.717, 1.165) is 19.3 Å². The maximum absolute atomic E-state index is 12.3. The Kier molecular flexibility index (Phi) is 7.06. The Morgan fingerprint density at radius 2 is 1.60 bits per heavy atom. The minimum atomic E-state index is -0.595. The molecule has 0 saturated carbocycles. The minimum Gasteiger partial charge on any atom is -0.497 e. The lowest BCUT2D eigenvalue weighted by Gasteiger charge is -2.10. The smallest absolute Gasteiger partial charge is 0.306 e. The first-order valence-electron chi connectivity index (χ1n) is 9.82. The van der Waals surface area contributed by atoms with Crippen LogP contribution in [0.1, 0.15) is 40.7 Å². The SMILES string of the molecule is COc1cc(NC(=O)COC(=O)CCC(=O)c2ccc3c(c2)CCC3)cc(OC)c1. The van der Waals surface area contributed by atoms with Gasteiger partial charge in [0.1, 0.15) is 11.5 Å². The zero-order valence-electron chi connectivity index (χ0n) is 17.2. The third-order valence-electron chi connectivity index (χ3n) is 4.98. The molecule has 0 bridgehead atoms. The molecule has 1 aliphatic rings. The van der Waals surface area contributed by atoms with Gasteiger partial charge in [0.25, 0.3) is 5.91 Å². The predicted molar refractivity (Wildman–Crippen MR) is 111 cm³/mol. The molecule has 1 N–H and O–H groups in total. The van der Waals surface area contributed by atoms with Crippen LogP contribution in [0.25, 0.3) is 0 Å². The van der Waals surface area contributed by atoms with Gasteiger partial charge in [0.2, 0.25) is 0 Å². The van der Waals surface area contributed by atoms with Gasteiger partial charge in [0.15, 0.2) is 12.4 Å². The normalized spacial score (nSPS) is 12.1. The van der Waals surface area contributed by atoms with Gasteiger partial charge in [-0.1, -0.05) is 12.1 Å². The molecule has 30 heavy (non-hydrogen) atoms. The fraction of sp³-hybridized carbons (Fsp3) is 0.348. The van der Waals surface area contributed by atoms with Crippen molar-refractivity contribution in [2.24, 2.45) is 0 Å². The monoisotopic (exact) mass is 411 g/mol. The molecule has 1 aliphatic carbocycles. The number of Topliss-reactive ketones (excluding diaryl/α,β-unsaturated/α-hetero) is 1. The molecule has 0 saturated heterocycles. The summed E-state index contributed by atoms with van der Waals surface area (Å²) < 4.78 is 15.3. The molecular weight excluding hydrogens is 386 g/mol. The van der Waals surface area contributed by atoms with Crippen LogP contribution in [0.4, 0.5) is 5.69 Å². The van der Waals surface area contributed by atoms with E-state index in [0.29, 0.717) is 22.7 Å². The number of carbonyl (C=O) groups excluding carboxylic acids is 3. The number of ether oxygens (including phenoxy) is 3. The first-order chi connectivity index (χ1) is 14.5. The van der Waals surface area contributed by atoms with Gasteiger partial charge in [-0.05, 0) is 36.5 Å². The standard InChI is InChI=1S/C23H25NO6/c1-28-19-11-18(12-20(13-19)29-2)24-22(26)14-30-23(27)9-8-21(25)17-7-6-15-4-3-5-16(15)10-17/h6-7,10-13H,3-5,8-9,14H2,1-2H3,(H,24,26). The van der Waals surface area contributed by atoms with Crippen LogP contribution < -0.4 is 14.8 Å². The van der Waals surface area contributed by atoms with Crippen molar-refractivity contribution in [3.05, 3.63) is 53.1 Å². The predicted octanol–water partition coefficient (Wildman–Crippen LogP) is 3.34. The first-order valence-corrected chi connectivity index (χ1v) is 9.82. The molecule has 0 radical (unpaired) electrons. The average Bonchev–Trinajstić information content (AvgIpc) is 3.23. The molecule has 0 aliphatic heterocycles. The lowest BCUT2D eigenvalue weighted by Crippen LogP contribution is -2.21. The fourth-order valence-electron chi connectivity index (χ4n) is 3.40. The molecule has 2 aromatic carbocycles. The number of hydrogen-bond acceptors (Lipinski definition) is 6. The van der Waals surface area contributed by atoms with Crippen molar-refractivity contribution in [2.75, 3.05) is 26.1 Å². The van der Waals surface area contributed by atoms with Crippen LogP contribution in [0.3, 0.4) is 0 Å². The third kappa shape index (κ3) is 5.59. The molecule has 0 unspecified atom stereocenters. The largest absolute Gasteiger partial charge is 0.497 e. The number of methoxy groups -OCH3 is 2. The summed E-state index contributed by atoms with van der Waals surface area (Å²) in [5.41, 5.74) is 3.59. The summed E-state index contributed by atoms with van der Waals surface area (Å²) in [5, 5.41) is 2.62. The molecule has 2 aromatic rings. The summed E-state index contributed by atoms with van der Waals surface area (Å²) in [6.07, 6.45) is 3.14. The second-order valence-electron chi connectivity index (χ2n) is 7.07. The molecule has 7 nitrogen and oxygen atoms in total. The van der Waals surface area contributed by atoms with E-state index in [1.54, 1.807) is 18.2 Å². The number of aryl methyl sites for hydroxylation is 2. The molecule has 0 spiro atoms. The average molecular weight is 411 g/mol. The van der Waals surface area contributed by atoms with E-state index in [4.69, 9.17) is 14.2 Å². The van der Waals surface area contributed by atoms with Gasteiger partial charge in [-0.3, -0.25) is 14.4 Å². The number of ketones is 1. The summed E-state index contributed by atoms with van der Waals surface area (Å²) in [6, 6.07) is 10.6. The second-order valence-corrected chi connectivity index (χ2v) is 7.07. The Bertz CT molecular complexity index is 930. The number of rotatable bonds is 9. The highest BCUT2D eigenvalue weighted by molar-refractivity contribution is 5.98. The van der Waals surface area contributed by atoms with Crippen molar-refractivity contribution >= 4 is 23.3 Å². The summed E-state index contributed by atoms with van der Waals surface area (Å²) in [4.78, 5) is 36.3. The molecule has 3 rings (SSSR count). The van der Waals surface area contributed by atoms with Gasteiger partial charge in [-0.2, -0.15) is 0 Å². The van der Waals surface area contributed by atoms with Gasteiger partial charge in [-0.15, -0.1) is 0 Å². The molecule has 0 heterocycles. The van der Waals surface area contributed by atoms with Crippen molar-refractivity contribution in [3.63, 3.8) is 0 Å². The second kappa shape index (κ2) is 9.91. The van der Waals surface area contributed by atoms with Gasteiger partial charge >= 0.3 is 5.97 Å². The summed E-state index contributed by atoms with van der Waals surface area (Å²) in [5.74, 6) is -0.153. The van der Waals surface area contributed by atoms with E-state index >= 15 is 0 Å². The lowest BCUT2D eigenvalue weighted by atomic mass is 10.0. The highest BCUT2D eigenvalue weighted by atomic mass is 16.5. The van der Waals surface area contributed by atoms with E-state index < -0.39 is 18.5 Å². The van der Waals surface area contributed by atoms with Crippen LogP contribution in [-0.2, 0) is 27.2 Å². The van der Waals surface area contributed by atoms with Crippen LogP contribution in [-0.4, -0.2) is 38.5 Å². The van der Waals surface area contributed by atoms with Gasteiger partial charge in [0, 0.05) is 35.9 Å². The number of nitrogens with one attached hydrogen (secondary N) is 1. The van der Waals surface area contributed by atoms with Crippen molar-refractivity contribution < 1.29 is 28.6 Å². The van der Waals surface area contributed by atoms with Crippen molar-refractivity contribution in [1.29, 1.82) is 0 Å². The molecule has 158 valence electrons. The number of benzene rings is 2. The first kappa shape index (κ1) is 21.4. The number of fused-ring (bicyclic) bond motifs is 1. The minimum absolute atomic E-state index is 0.0479. The summed E-state index contributed by atoms with van der Waals surface area (Å²) in [7, 11) is 3.01. The fourth-order valence-corrected chi connectivity index (χ4v) is 3.40. The molecule has 0 fully saturated rings. The Hall–Kier alpha value is -3.35. The quantitative estimate of drug-likeness (QED) is 0.503. The molecule has 7 heteroatoms. The van der Waals surface area contributed by atoms with Crippen molar-refractivity contribution in [1.82, 2.24) is 0 Å². The summed E-state index contributed by atoms with van der Waals surface area (Å²) in [6.45, 7) is -0.439. The van der Waals surface area contributed by atoms with Crippen LogP contribution >= 0.6 is 0 Å². The van der Waals surface area contributed by atoms with Gasteiger partial charge in [0.05, 0.1) is 20.6 Å². The maximum Gasteiger partial charge on any atom is 0.306 e. The van der Waals surface area contributed by atoms with Crippen molar-refractivity contribution in [3.8, 4) is 11.5 Å². The summed E-state index contributed by atoms with van der Waals surface area (Å²) >= 11 is 0. The number of amides is 1. The van der Waals surface area contributed by atoms with Crippen LogP contribution in [0, 0.1) is 0 Å². The molecule has 1 amide bonds. The maximum atomic E-state index is 12.3. The Morgan fingerprint density at radius 3 is 2.30 bits per heavy atom. The highest BCUT2D eigenvalue weighted by Crippen LogP contribution is 2.26. The Labute approximate surface area is 175 Å². The number of esters is 1. The Morgan fingerprint density at radius 1 is 0.900 bits per heavy atom. The zero-order chi connectivity index (χ0) is 21.5. The number of hydrogen-bond donors (Lipinski definition) is 1. The van der Waals surface area contributed by atoms with Crippen LogP contribution in [0.5, 0.6) is 11.5 Å². The van der Waals surface area contributed by atoms with E-state index in [1.165, 1.54) is 25.3 Å². The zero-order valence-corrected chi connectivity index (χ0v) is 17.2. The van der Waals surface area contributed by atoms with Gasteiger partial charge < -0.3 is 19.5 Å². The Balaban J connectivity index is 1.44.